The van der Waals surface area contributed by atoms with E-state index in [9.17, 15) is 4.79 Å². The van der Waals surface area contributed by atoms with Crippen molar-refractivity contribution < 1.29 is 4.79 Å². The Morgan fingerprint density at radius 1 is 1.00 bits per heavy atom. The first-order chi connectivity index (χ1) is 11.6. The zero-order chi connectivity index (χ0) is 16.9. The van der Waals surface area contributed by atoms with Gasteiger partial charge in [-0.15, -0.1) is 0 Å². The molecule has 0 fully saturated rings. The number of nitrogen functional groups attached to an aromatic ring is 1. The Morgan fingerprint density at radius 2 is 1.71 bits per heavy atom. The Bertz CT molecular complexity index is 877. The number of carbonyl (C=O) groups is 1. The van der Waals surface area contributed by atoms with E-state index in [2.05, 4.69) is 9.97 Å². The van der Waals surface area contributed by atoms with Crippen LogP contribution < -0.4 is 11.5 Å². The standard InChI is InChI=1S/C19H17N4O/c20-18-12-15(8-10-23-18)14-7-9-22-16(11-14)6-5-13-3-1-2-4-17(13)19(21)24/h1-4,6-12H,5H2,(H2,20,23)(H2,21,24). The van der Waals surface area contributed by atoms with Gasteiger partial charge in [-0.05, 0) is 53.4 Å². The van der Waals surface area contributed by atoms with Crippen LogP contribution in [0, 0.1) is 6.42 Å². The van der Waals surface area contributed by atoms with Crippen molar-refractivity contribution >= 4 is 11.7 Å². The Labute approximate surface area is 140 Å². The van der Waals surface area contributed by atoms with Gasteiger partial charge >= 0.3 is 0 Å². The Morgan fingerprint density at radius 3 is 2.46 bits per heavy atom. The Balaban J connectivity index is 1.80. The van der Waals surface area contributed by atoms with Gasteiger partial charge < -0.3 is 11.5 Å². The maximum absolute atomic E-state index is 11.5. The molecule has 0 spiro atoms. The normalized spacial score (nSPS) is 10.5. The van der Waals surface area contributed by atoms with Crippen molar-refractivity contribution in [1.82, 2.24) is 9.97 Å². The van der Waals surface area contributed by atoms with Gasteiger partial charge in [0.05, 0.1) is 0 Å². The molecular formula is C19H17N4O. The van der Waals surface area contributed by atoms with Crippen molar-refractivity contribution in [3.05, 3.63) is 84.2 Å². The number of aromatic nitrogens is 2. The van der Waals surface area contributed by atoms with Gasteiger partial charge in [-0.2, -0.15) is 0 Å². The lowest BCUT2D eigenvalue weighted by Crippen LogP contribution is -2.13. The second-order valence-electron chi connectivity index (χ2n) is 5.37. The quantitative estimate of drug-likeness (QED) is 0.756. The number of hydrogen-bond acceptors (Lipinski definition) is 4. The number of benzene rings is 1. The van der Waals surface area contributed by atoms with Gasteiger partial charge in [0.15, 0.2) is 0 Å². The lowest BCUT2D eigenvalue weighted by molar-refractivity contribution is 0.0999. The summed E-state index contributed by atoms with van der Waals surface area (Å²) < 4.78 is 0. The molecule has 5 heteroatoms. The minimum absolute atomic E-state index is 0.423. The number of primary amides is 1. The van der Waals surface area contributed by atoms with Gasteiger partial charge in [0.2, 0.25) is 5.91 Å². The third kappa shape index (κ3) is 3.57. The summed E-state index contributed by atoms with van der Waals surface area (Å²) >= 11 is 0. The average molecular weight is 317 g/mol. The van der Waals surface area contributed by atoms with Gasteiger partial charge in [0.25, 0.3) is 0 Å². The summed E-state index contributed by atoms with van der Waals surface area (Å²) in [7, 11) is 0. The second kappa shape index (κ2) is 6.91. The predicted octanol–water partition coefficient (Wildman–Crippen LogP) is 2.62. The maximum atomic E-state index is 11.5. The van der Waals surface area contributed by atoms with Gasteiger partial charge in [-0.1, -0.05) is 18.2 Å². The summed E-state index contributed by atoms with van der Waals surface area (Å²) in [6.45, 7) is 0. The molecule has 0 atom stereocenters. The Hall–Kier alpha value is -3.21. The molecule has 0 saturated heterocycles. The zero-order valence-electron chi connectivity index (χ0n) is 13.0. The second-order valence-corrected chi connectivity index (χ2v) is 5.37. The predicted molar refractivity (Wildman–Crippen MR) is 93.9 cm³/mol. The van der Waals surface area contributed by atoms with Gasteiger partial charge in [-0.25, -0.2) is 4.98 Å². The van der Waals surface area contributed by atoms with Crippen molar-refractivity contribution in [2.75, 3.05) is 5.73 Å². The third-order valence-corrected chi connectivity index (χ3v) is 3.71. The number of nitrogens with zero attached hydrogens (tertiary/aromatic N) is 2. The molecule has 5 nitrogen and oxygen atoms in total. The van der Waals surface area contributed by atoms with Gasteiger partial charge in [0, 0.05) is 30.1 Å². The highest BCUT2D eigenvalue weighted by Crippen LogP contribution is 2.21. The molecule has 4 N–H and O–H groups in total. The van der Waals surface area contributed by atoms with Crippen LogP contribution in [0.3, 0.4) is 0 Å². The molecule has 3 rings (SSSR count). The fraction of sp³-hybridized carbons (Fsp3) is 0.0526. The van der Waals surface area contributed by atoms with Crippen LogP contribution in [0.1, 0.15) is 21.6 Å². The number of pyridine rings is 2. The summed E-state index contributed by atoms with van der Waals surface area (Å²) in [6.07, 6.45) is 5.97. The van der Waals surface area contributed by atoms with Crippen LogP contribution in [0.25, 0.3) is 11.1 Å². The molecule has 24 heavy (non-hydrogen) atoms. The van der Waals surface area contributed by atoms with E-state index >= 15 is 0 Å². The molecule has 0 aliphatic rings. The fourth-order valence-corrected chi connectivity index (χ4v) is 2.52. The third-order valence-electron chi connectivity index (χ3n) is 3.71. The van der Waals surface area contributed by atoms with Crippen LogP contribution in [0.15, 0.2) is 60.9 Å². The number of amides is 1. The monoisotopic (exact) mass is 317 g/mol. The molecular weight excluding hydrogens is 300 g/mol. The van der Waals surface area contributed by atoms with E-state index in [4.69, 9.17) is 11.5 Å². The smallest absolute Gasteiger partial charge is 0.248 e. The zero-order valence-corrected chi connectivity index (χ0v) is 13.0. The lowest BCUT2D eigenvalue weighted by atomic mass is 10.00. The van der Waals surface area contributed by atoms with E-state index in [0.29, 0.717) is 17.8 Å². The SMILES string of the molecule is NC(=O)c1ccccc1C[CH]c1cc(-c2ccnc(N)c2)ccn1. The number of hydrogen-bond donors (Lipinski definition) is 2. The first-order valence-corrected chi connectivity index (χ1v) is 7.52. The largest absolute Gasteiger partial charge is 0.384 e. The van der Waals surface area contributed by atoms with Crippen LogP contribution in [0.4, 0.5) is 5.82 Å². The van der Waals surface area contributed by atoms with Crippen LogP contribution in [-0.2, 0) is 6.42 Å². The van der Waals surface area contributed by atoms with Crippen molar-refractivity contribution in [1.29, 1.82) is 0 Å². The van der Waals surface area contributed by atoms with Crippen LogP contribution in [0.2, 0.25) is 0 Å². The molecule has 0 saturated carbocycles. The van der Waals surface area contributed by atoms with Crippen molar-refractivity contribution in [3.8, 4) is 11.1 Å². The molecule has 1 radical (unpaired) electrons. The number of anilines is 1. The fourth-order valence-electron chi connectivity index (χ4n) is 2.52. The Kier molecular flexibility index (Phi) is 4.52. The van der Waals surface area contributed by atoms with E-state index in [1.807, 2.05) is 42.8 Å². The minimum Gasteiger partial charge on any atom is -0.384 e. The molecule has 1 aromatic carbocycles. The first-order valence-electron chi connectivity index (χ1n) is 7.52. The summed E-state index contributed by atoms with van der Waals surface area (Å²) in [5, 5.41) is 0. The summed E-state index contributed by atoms with van der Waals surface area (Å²) in [4.78, 5) is 19.8. The molecule has 0 bridgehead atoms. The first kappa shape index (κ1) is 15.7. The van der Waals surface area contributed by atoms with Gasteiger partial charge in [0.1, 0.15) is 5.82 Å². The van der Waals surface area contributed by atoms with E-state index < -0.39 is 5.91 Å². The van der Waals surface area contributed by atoms with Crippen LogP contribution in [0.5, 0.6) is 0 Å². The number of rotatable bonds is 5. The van der Waals surface area contributed by atoms with E-state index in [-0.39, 0.29) is 0 Å². The molecule has 2 aromatic heterocycles. The van der Waals surface area contributed by atoms with Crippen molar-refractivity contribution in [2.24, 2.45) is 5.73 Å². The number of carbonyl (C=O) groups excluding carboxylic acids is 1. The van der Waals surface area contributed by atoms with Crippen molar-refractivity contribution in [2.45, 2.75) is 6.42 Å². The summed E-state index contributed by atoms with van der Waals surface area (Å²) in [5.74, 6) is 0.0539. The van der Waals surface area contributed by atoms with Crippen LogP contribution in [-0.4, -0.2) is 15.9 Å². The highest BCUT2D eigenvalue weighted by Gasteiger charge is 2.08. The molecule has 119 valence electrons. The maximum Gasteiger partial charge on any atom is 0.248 e. The van der Waals surface area contributed by atoms with Crippen molar-refractivity contribution in [3.63, 3.8) is 0 Å². The molecule has 0 unspecified atom stereocenters. The molecule has 0 aliphatic heterocycles. The van der Waals surface area contributed by atoms with E-state index in [0.717, 1.165) is 22.4 Å². The van der Waals surface area contributed by atoms with E-state index in [1.165, 1.54) is 0 Å². The number of nitrogens with two attached hydrogens (primary N) is 2. The molecule has 2 heterocycles. The summed E-state index contributed by atoms with van der Waals surface area (Å²) in [6, 6.07) is 14.9. The minimum atomic E-state index is -0.423. The average Bonchev–Trinajstić information content (AvgIpc) is 2.60. The highest BCUT2D eigenvalue weighted by atomic mass is 16.1. The molecule has 1 amide bonds. The lowest BCUT2D eigenvalue weighted by Gasteiger charge is -2.07. The van der Waals surface area contributed by atoms with E-state index in [1.54, 1.807) is 24.5 Å². The van der Waals surface area contributed by atoms with Crippen LogP contribution >= 0.6 is 0 Å². The highest BCUT2D eigenvalue weighted by molar-refractivity contribution is 5.94. The molecule has 3 aromatic rings. The topological polar surface area (TPSA) is 94.9 Å². The van der Waals surface area contributed by atoms with Gasteiger partial charge in [-0.3, -0.25) is 9.78 Å². The molecule has 0 aliphatic carbocycles. The summed E-state index contributed by atoms with van der Waals surface area (Å²) in [5.41, 5.74) is 15.4.